The molecule has 0 bridgehead atoms. The van der Waals surface area contributed by atoms with Crippen molar-refractivity contribution in [2.24, 2.45) is 0 Å². The van der Waals surface area contributed by atoms with E-state index < -0.39 is 20.1 Å². The Morgan fingerprint density at radius 3 is 2.00 bits per heavy atom. The maximum atomic E-state index is 13.5. The Balaban J connectivity index is 2.05. The molecule has 0 aliphatic heterocycles. The minimum Gasteiger partial charge on any atom is -0.462 e. The zero-order chi connectivity index (χ0) is 25.5. The van der Waals surface area contributed by atoms with Gasteiger partial charge < -0.3 is 9.16 Å². The Morgan fingerprint density at radius 2 is 1.51 bits per heavy atom. The number of benzene rings is 2. The average molecular weight is 488 g/mol. The van der Waals surface area contributed by atoms with E-state index in [1.54, 1.807) is 19.3 Å². The summed E-state index contributed by atoms with van der Waals surface area (Å²) in [6.07, 6.45) is 4.87. The molecule has 0 saturated heterocycles. The Bertz CT molecular complexity index is 1140. The molecule has 0 saturated carbocycles. The van der Waals surface area contributed by atoms with E-state index in [1.807, 2.05) is 49.4 Å². The van der Waals surface area contributed by atoms with Crippen molar-refractivity contribution < 1.29 is 18.8 Å². The number of aryl methyl sites for hydroxylation is 1. The van der Waals surface area contributed by atoms with Crippen molar-refractivity contribution in [3.05, 3.63) is 95.8 Å². The molecule has 5 nitrogen and oxygen atoms in total. The van der Waals surface area contributed by atoms with Crippen molar-refractivity contribution in [3.63, 3.8) is 0 Å². The van der Waals surface area contributed by atoms with Gasteiger partial charge in [0.25, 0.3) is 8.32 Å². The summed E-state index contributed by atoms with van der Waals surface area (Å²) in [6, 6.07) is 22.0. The SMILES string of the molecule is CCOC(=O)/C(=C\c1cncc(C)c1)C(=O)CO[Si](c1ccccc1)(c1ccccc1)C(C)(C)C. The van der Waals surface area contributed by atoms with Crippen LogP contribution in [0.3, 0.4) is 0 Å². The largest absolute Gasteiger partial charge is 0.462 e. The van der Waals surface area contributed by atoms with Crippen LogP contribution in [-0.4, -0.2) is 38.3 Å². The molecule has 3 aromatic rings. The van der Waals surface area contributed by atoms with E-state index in [2.05, 4.69) is 50.0 Å². The van der Waals surface area contributed by atoms with Gasteiger partial charge >= 0.3 is 5.97 Å². The first-order chi connectivity index (χ1) is 16.7. The lowest BCUT2D eigenvalue weighted by Gasteiger charge is -2.42. The number of pyridine rings is 1. The number of ketones is 1. The second kappa shape index (κ2) is 11.4. The van der Waals surface area contributed by atoms with Crippen molar-refractivity contribution in [1.82, 2.24) is 4.98 Å². The van der Waals surface area contributed by atoms with E-state index in [0.29, 0.717) is 5.56 Å². The summed E-state index contributed by atoms with van der Waals surface area (Å²) in [4.78, 5) is 30.4. The highest BCUT2D eigenvalue weighted by molar-refractivity contribution is 6.99. The number of Topliss-reactive ketones (excluding diaryl/α,β-unsaturated/α-hetero) is 1. The maximum absolute atomic E-state index is 13.5. The van der Waals surface area contributed by atoms with Crippen molar-refractivity contribution in [2.75, 3.05) is 13.2 Å². The summed E-state index contributed by atoms with van der Waals surface area (Å²) in [5.41, 5.74) is 1.54. The lowest BCUT2D eigenvalue weighted by Crippen LogP contribution is -2.67. The van der Waals surface area contributed by atoms with Crippen molar-refractivity contribution in [3.8, 4) is 0 Å². The van der Waals surface area contributed by atoms with Crippen LogP contribution in [0.15, 0.2) is 84.7 Å². The summed E-state index contributed by atoms with van der Waals surface area (Å²) in [5.74, 6) is -1.08. The number of hydrogen-bond donors (Lipinski definition) is 0. The molecule has 0 fully saturated rings. The van der Waals surface area contributed by atoms with Gasteiger partial charge in [-0.05, 0) is 52.5 Å². The Morgan fingerprint density at radius 1 is 0.943 bits per heavy atom. The normalized spacial score (nSPS) is 12.3. The van der Waals surface area contributed by atoms with E-state index in [4.69, 9.17) is 9.16 Å². The molecule has 0 N–H and O–H groups in total. The van der Waals surface area contributed by atoms with Crippen LogP contribution < -0.4 is 10.4 Å². The molecule has 0 spiro atoms. The molecule has 2 aromatic carbocycles. The topological polar surface area (TPSA) is 65.5 Å². The Labute approximate surface area is 209 Å². The minimum atomic E-state index is -2.92. The van der Waals surface area contributed by atoms with Crippen LogP contribution in [-0.2, 0) is 18.8 Å². The maximum Gasteiger partial charge on any atom is 0.341 e. The number of nitrogens with zero attached hydrogens (tertiary/aromatic N) is 1. The molecule has 3 rings (SSSR count). The van der Waals surface area contributed by atoms with Crippen LogP contribution in [0, 0.1) is 6.92 Å². The number of aromatic nitrogens is 1. The third kappa shape index (κ3) is 6.02. The van der Waals surface area contributed by atoms with Gasteiger partial charge in [-0.2, -0.15) is 0 Å². The fourth-order valence-electron chi connectivity index (χ4n) is 4.30. The predicted octanol–water partition coefficient (Wildman–Crippen LogP) is 4.48. The fourth-order valence-corrected chi connectivity index (χ4v) is 8.80. The minimum absolute atomic E-state index is 0.0443. The van der Waals surface area contributed by atoms with Crippen LogP contribution >= 0.6 is 0 Å². The van der Waals surface area contributed by atoms with Crippen molar-refractivity contribution in [1.29, 1.82) is 0 Å². The summed E-state index contributed by atoms with van der Waals surface area (Å²) in [5, 5.41) is 1.84. The van der Waals surface area contributed by atoms with Gasteiger partial charge in [-0.15, -0.1) is 0 Å². The molecule has 0 aliphatic carbocycles. The number of carbonyl (C=O) groups excluding carboxylic acids is 2. The molecule has 0 amide bonds. The average Bonchev–Trinajstić information content (AvgIpc) is 2.83. The molecule has 1 heterocycles. The van der Waals surface area contributed by atoms with E-state index >= 15 is 0 Å². The zero-order valence-electron chi connectivity index (χ0n) is 21.1. The van der Waals surface area contributed by atoms with Gasteiger partial charge in [-0.3, -0.25) is 9.78 Å². The first-order valence-corrected chi connectivity index (χ1v) is 13.7. The quantitative estimate of drug-likeness (QED) is 0.146. The molecule has 35 heavy (non-hydrogen) atoms. The number of carbonyl (C=O) groups is 2. The third-order valence-corrected chi connectivity index (χ3v) is 10.8. The molecule has 1 aromatic heterocycles. The van der Waals surface area contributed by atoms with Gasteiger partial charge in [-0.1, -0.05) is 81.4 Å². The van der Waals surface area contributed by atoms with Gasteiger partial charge in [0.15, 0.2) is 5.78 Å². The second-order valence-corrected chi connectivity index (χ2v) is 13.8. The van der Waals surface area contributed by atoms with Gasteiger partial charge in [0.1, 0.15) is 5.57 Å². The van der Waals surface area contributed by atoms with Gasteiger partial charge in [0.05, 0.1) is 13.2 Å². The molecular weight excluding hydrogens is 454 g/mol. The first kappa shape index (κ1) is 26.3. The highest BCUT2D eigenvalue weighted by Crippen LogP contribution is 2.36. The van der Waals surface area contributed by atoms with Gasteiger partial charge in [0, 0.05) is 12.4 Å². The Hall–Kier alpha value is -3.35. The molecular formula is C29H33NO4Si. The molecule has 0 aliphatic rings. The predicted molar refractivity (Wildman–Crippen MR) is 142 cm³/mol. The van der Waals surface area contributed by atoms with Crippen LogP contribution in [0.1, 0.15) is 38.8 Å². The zero-order valence-corrected chi connectivity index (χ0v) is 22.1. The molecule has 6 heteroatoms. The lowest BCUT2D eigenvalue weighted by molar-refractivity contribution is -0.140. The van der Waals surface area contributed by atoms with E-state index in [9.17, 15) is 9.59 Å². The summed E-state index contributed by atoms with van der Waals surface area (Å²) >= 11 is 0. The van der Waals surface area contributed by atoms with Crippen molar-refractivity contribution in [2.45, 2.75) is 39.7 Å². The van der Waals surface area contributed by atoms with E-state index in [0.717, 1.165) is 15.9 Å². The second-order valence-electron chi connectivity index (χ2n) is 9.45. The van der Waals surface area contributed by atoms with E-state index in [-0.39, 0.29) is 23.8 Å². The smallest absolute Gasteiger partial charge is 0.341 e. The van der Waals surface area contributed by atoms with Crippen LogP contribution in [0.4, 0.5) is 0 Å². The molecule has 182 valence electrons. The van der Waals surface area contributed by atoms with Crippen LogP contribution in [0.5, 0.6) is 0 Å². The number of ether oxygens (including phenoxy) is 1. The van der Waals surface area contributed by atoms with Crippen molar-refractivity contribution >= 4 is 36.5 Å². The fraction of sp³-hybridized carbons (Fsp3) is 0.276. The van der Waals surface area contributed by atoms with Crippen LogP contribution in [0.2, 0.25) is 5.04 Å². The highest BCUT2D eigenvalue weighted by atomic mass is 28.4. The summed E-state index contributed by atoms with van der Waals surface area (Å²) in [6.45, 7) is 9.98. The molecule has 0 atom stereocenters. The number of esters is 1. The third-order valence-electron chi connectivity index (χ3n) is 5.84. The monoisotopic (exact) mass is 487 g/mol. The summed E-state index contributed by atoms with van der Waals surface area (Å²) < 4.78 is 11.9. The summed E-state index contributed by atoms with van der Waals surface area (Å²) in [7, 11) is -2.92. The lowest BCUT2D eigenvalue weighted by atomic mass is 10.1. The number of hydrogen-bond acceptors (Lipinski definition) is 5. The van der Waals surface area contributed by atoms with Crippen LogP contribution in [0.25, 0.3) is 6.08 Å². The van der Waals surface area contributed by atoms with Gasteiger partial charge in [0.2, 0.25) is 0 Å². The first-order valence-electron chi connectivity index (χ1n) is 11.8. The standard InChI is InChI=1S/C29H33NO4Si/c1-6-33-28(32)26(18-23-17-22(2)19-30-20-23)27(31)21-34-35(29(3,4)5,24-13-9-7-10-14-24)25-15-11-8-12-16-25/h7-20H,6,21H2,1-5H3/b26-18-. The molecule has 0 radical (unpaired) electrons. The van der Waals surface area contributed by atoms with E-state index in [1.165, 1.54) is 6.08 Å². The van der Waals surface area contributed by atoms with Gasteiger partial charge in [-0.25, -0.2) is 4.79 Å². The number of rotatable bonds is 9. The highest BCUT2D eigenvalue weighted by Gasteiger charge is 2.50. The Kier molecular flexibility index (Phi) is 8.54. The molecule has 0 unspecified atom stereocenters.